The third-order valence-corrected chi connectivity index (χ3v) is 3.33. The third kappa shape index (κ3) is 5.53. The fourth-order valence-corrected chi connectivity index (χ4v) is 2.00. The van der Waals surface area contributed by atoms with Crippen molar-refractivity contribution >= 4 is 0 Å². The predicted octanol–water partition coefficient (Wildman–Crippen LogP) is 3.28. The highest BCUT2D eigenvalue weighted by atomic mass is 16.6. The van der Waals surface area contributed by atoms with Crippen LogP contribution in [0.4, 0.5) is 0 Å². The van der Waals surface area contributed by atoms with Crippen molar-refractivity contribution in [3.05, 3.63) is 0 Å². The summed E-state index contributed by atoms with van der Waals surface area (Å²) < 4.78 is 5.25. The van der Waals surface area contributed by atoms with Crippen molar-refractivity contribution < 1.29 is 9.84 Å². The zero-order valence-corrected chi connectivity index (χ0v) is 10.1. The summed E-state index contributed by atoms with van der Waals surface area (Å²) in [6.07, 6.45) is 11.8. The Morgan fingerprint density at radius 3 is 2.00 bits per heavy atom. The number of hydrogen-bond acceptors (Lipinski definition) is 2. The van der Waals surface area contributed by atoms with Gasteiger partial charge in [0.15, 0.2) is 0 Å². The van der Waals surface area contributed by atoms with Crippen molar-refractivity contribution in [1.82, 2.24) is 0 Å². The van der Waals surface area contributed by atoms with Gasteiger partial charge in [-0.3, -0.25) is 0 Å². The SMILES string of the molecule is CCCCCCCCCCC1(CO)CO1. The van der Waals surface area contributed by atoms with Crippen LogP contribution in [-0.4, -0.2) is 23.9 Å². The number of aliphatic hydroxyl groups is 1. The summed E-state index contributed by atoms with van der Waals surface area (Å²) in [5, 5.41) is 9.03. The molecule has 0 aromatic rings. The lowest BCUT2D eigenvalue weighted by Gasteiger charge is -2.07. The molecule has 2 heteroatoms. The van der Waals surface area contributed by atoms with Crippen molar-refractivity contribution in [3.63, 3.8) is 0 Å². The van der Waals surface area contributed by atoms with Crippen molar-refractivity contribution in [2.75, 3.05) is 13.2 Å². The van der Waals surface area contributed by atoms with E-state index in [1.165, 1.54) is 51.4 Å². The molecule has 1 N–H and O–H groups in total. The van der Waals surface area contributed by atoms with Gasteiger partial charge in [0.1, 0.15) is 5.60 Å². The number of hydrogen-bond donors (Lipinski definition) is 1. The van der Waals surface area contributed by atoms with E-state index in [-0.39, 0.29) is 12.2 Å². The number of unbranched alkanes of at least 4 members (excludes halogenated alkanes) is 7. The Balaban J connectivity index is 1.77. The molecule has 90 valence electrons. The average molecular weight is 214 g/mol. The molecule has 0 saturated carbocycles. The van der Waals surface area contributed by atoms with E-state index in [1.54, 1.807) is 0 Å². The zero-order valence-electron chi connectivity index (χ0n) is 10.1. The van der Waals surface area contributed by atoms with Crippen LogP contribution in [0.2, 0.25) is 0 Å². The second kappa shape index (κ2) is 7.24. The first-order valence-corrected chi connectivity index (χ1v) is 6.58. The summed E-state index contributed by atoms with van der Waals surface area (Å²) in [5.74, 6) is 0. The highest BCUT2D eigenvalue weighted by molar-refractivity contribution is 4.90. The lowest BCUT2D eigenvalue weighted by Crippen LogP contribution is -2.15. The van der Waals surface area contributed by atoms with E-state index in [9.17, 15) is 0 Å². The van der Waals surface area contributed by atoms with E-state index in [0.29, 0.717) is 0 Å². The topological polar surface area (TPSA) is 32.8 Å². The molecule has 1 rings (SSSR count). The van der Waals surface area contributed by atoms with Gasteiger partial charge >= 0.3 is 0 Å². The van der Waals surface area contributed by atoms with Crippen LogP contribution in [0, 0.1) is 0 Å². The largest absolute Gasteiger partial charge is 0.393 e. The monoisotopic (exact) mass is 214 g/mol. The van der Waals surface area contributed by atoms with Gasteiger partial charge < -0.3 is 9.84 Å². The molecule has 1 aliphatic rings. The van der Waals surface area contributed by atoms with E-state index < -0.39 is 0 Å². The summed E-state index contributed by atoms with van der Waals surface area (Å²) in [6.45, 7) is 3.24. The Morgan fingerprint density at radius 2 is 1.53 bits per heavy atom. The molecule has 0 spiro atoms. The van der Waals surface area contributed by atoms with Crippen LogP contribution >= 0.6 is 0 Å². The third-order valence-electron chi connectivity index (χ3n) is 3.33. The Hall–Kier alpha value is -0.0800. The van der Waals surface area contributed by atoms with Crippen LogP contribution in [0.5, 0.6) is 0 Å². The predicted molar refractivity (Wildman–Crippen MR) is 63.0 cm³/mol. The molecule has 1 heterocycles. The molecule has 0 radical (unpaired) electrons. The summed E-state index contributed by atoms with van der Waals surface area (Å²) >= 11 is 0. The van der Waals surface area contributed by atoms with Crippen LogP contribution in [-0.2, 0) is 4.74 Å². The van der Waals surface area contributed by atoms with Crippen molar-refractivity contribution in [1.29, 1.82) is 0 Å². The Morgan fingerprint density at radius 1 is 1.00 bits per heavy atom. The van der Waals surface area contributed by atoms with Crippen LogP contribution < -0.4 is 0 Å². The van der Waals surface area contributed by atoms with Gasteiger partial charge in [0.2, 0.25) is 0 Å². The highest BCUT2D eigenvalue weighted by Gasteiger charge is 2.43. The number of rotatable bonds is 10. The molecule has 0 aliphatic carbocycles. The fraction of sp³-hybridized carbons (Fsp3) is 1.00. The first-order chi connectivity index (χ1) is 7.33. The maximum Gasteiger partial charge on any atom is 0.115 e. The van der Waals surface area contributed by atoms with Crippen molar-refractivity contribution in [2.45, 2.75) is 70.3 Å². The number of ether oxygens (including phenoxy) is 1. The van der Waals surface area contributed by atoms with Gasteiger partial charge in [-0.2, -0.15) is 0 Å². The second-order valence-corrected chi connectivity index (χ2v) is 4.85. The number of epoxide rings is 1. The minimum atomic E-state index is -0.109. The minimum absolute atomic E-state index is 0.109. The van der Waals surface area contributed by atoms with Gasteiger partial charge in [-0.15, -0.1) is 0 Å². The van der Waals surface area contributed by atoms with Gasteiger partial charge in [-0.05, 0) is 6.42 Å². The molecule has 2 nitrogen and oxygen atoms in total. The Labute approximate surface area is 94.0 Å². The summed E-state index contributed by atoms with van der Waals surface area (Å²) in [5.41, 5.74) is -0.109. The van der Waals surface area contributed by atoms with Gasteiger partial charge in [-0.1, -0.05) is 58.3 Å². The quantitative estimate of drug-likeness (QED) is 0.447. The van der Waals surface area contributed by atoms with E-state index in [4.69, 9.17) is 9.84 Å². The molecule has 1 fully saturated rings. The molecular weight excluding hydrogens is 188 g/mol. The standard InChI is InChI=1S/C13H26O2/c1-2-3-4-5-6-7-8-9-10-13(11-14)12-15-13/h14H,2-12H2,1H3. The maximum absolute atomic E-state index is 9.03. The first-order valence-electron chi connectivity index (χ1n) is 6.58. The van der Waals surface area contributed by atoms with Gasteiger partial charge in [0.25, 0.3) is 0 Å². The highest BCUT2D eigenvalue weighted by Crippen LogP contribution is 2.32. The molecule has 1 unspecified atom stereocenters. The molecule has 0 amide bonds. The van der Waals surface area contributed by atoms with E-state index >= 15 is 0 Å². The van der Waals surface area contributed by atoms with Crippen molar-refractivity contribution in [2.24, 2.45) is 0 Å². The lowest BCUT2D eigenvalue weighted by molar-refractivity contribution is 0.161. The van der Waals surface area contributed by atoms with Crippen LogP contribution in [0.3, 0.4) is 0 Å². The summed E-state index contributed by atoms with van der Waals surface area (Å²) in [6, 6.07) is 0. The molecule has 15 heavy (non-hydrogen) atoms. The van der Waals surface area contributed by atoms with E-state index in [0.717, 1.165) is 13.0 Å². The van der Waals surface area contributed by atoms with Crippen molar-refractivity contribution in [3.8, 4) is 0 Å². The molecule has 0 aromatic heterocycles. The summed E-state index contributed by atoms with van der Waals surface area (Å²) in [7, 11) is 0. The van der Waals surface area contributed by atoms with Gasteiger partial charge in [0.05, 0.1) is 13.2 Å². The first kappa shape index (κ1) is 13.0. The Kier molecular flexibility index (Phi) is 6.26. The summed E-state index contributed by atoms with van der Waals surface area (Å²) in [4.78, 5) is 0. The van der Waals surface area contributed by atoms with Crippen LogP contribution in [0.1, 0.15) is 64.7 Å². The zero-order chi connectivity index (χ0) is 11.0. The smallest absolute Gasteiger partial charge is 0.115 e. The molecule has 0 aromatic carbocycles. The Bertz CT molecular complexity index is 153. The molecular formula is C13H26O2. The minimum Gasteiger partial charge on any atom is -0.393 e. The van der Waals surface area contributed by atoms with Crippen LogP contribution in [0.25, 0.3) is 0 Å². The normalized spacial score (nSPS) is 24.4. The van der Waals surface area contributed by atoms with Crippen LogP contribution in [0.15, 0.2) is 0 Å². The second-order valence-electron chi connectivity index (χ2n) is 4.85. The molecule has 1 aliphatic heterocycles. The number of aliphatic hydroxyl groups excluding tert-OH is 1. The van der Waals surface area contributed by atoms with E-state index in [2.05, 4.69) is 6.92 Å². The van der Waals surface area contributed by atoms with Gasteiger partial charge in [0, 0.05) is 0 Å². The molecule has 0 bridgehead atoms. The average Bonchev–Trinajstić information content (AvgIpc) is 3.03. The maximum atomic E-state index is 9.03. The lowest BCUT2D eigenvalue weighted by atomic mass is 10.0. The molecule has 1 atom stereocenters. The molecule has 1 saturated heterocycles. The van der Waals surface area contributed by atoms with Gasteiger partial charge in [-0.25, -0.2) is 0 Å². The fourth-order valence-electron chi connectivity index (χ4n) is 2.00. The van der Waals surface area contributed by atoms with E-state index in [1.807, 2.05) is 0 Å².